The number of carbonyl (C=O) groups excluding carboxylic acids is 1. The molecule has 3 unspecified atom stereocenters. The van der Waals surface area contributed by atoms with E-state index in [1.54, 1.807) is 0 Å². The fourth-order valence-electron chi connectivity index (χ4n) is 7.16. The highest BCUT2D eigenvalue weighted by Gasteiger charge is 2.43. The van der Waals surface area contributed by atoms with Gasteiger partial charge in [0.05, 0.1) is 5.69 Å². The Balaban J connectivity index is 1.32. The standard InChI is InChI=1S/C30H39N5O2/c1-4-27(36)35-17-16-34(19-21(35)2)28-24-12-14-30(13-11-22-8-5-6-10-25(22)30)18-26(24)31-29(32-28)37-20-23-9-7-15-33(23)3/h4-6,8,10,21,23H,1,7,9,11-20H2,2-3H3. The average molecular weight is 502 g/mol. The molecule has 0 N–H and O–H groups in total. The molecule has 2 aliphatic heterocycles. The average Bonchev–Trinajstić information content (AvgIpc) is 3.49. The van der Waals surface area contributed by atoms with Crippen molar-refractivity contribution in [2.24, 2.45) is 0 Å². The minimum Gasteiger partial charge on any atom is -0.462 e. The Kier molecular flexibility index (Phi) is 6.43. The molecule has 7 heteroatoms. The molecular weight excluding hydrogens is 462 g/mol. The van der Waals surface area contributed by atoms with Gasteiger partial charge in [-0.25, -0.2) is 0 Å². The Bertz CT molecular complexity index is 1200. The summed E-state index contributed by atoms with van der Waals surface area (Å²) in [5.41, 5.74) is 5.61. The van der Waals surface area contributed by atoms with E-state index in [1.165, 1.54) is 35.6 Å². The van der Waals surface area contributed by atoms with Crippen LogP contribution in [0.5, 0.6) is 6.01 Å². The molecule has 1 spiro atoms. The summed E-state index contributed by atoms with van der Waals surface area (Å²) < 4.78 is 6.31. The predicted octanol–water partition coefficient (Wildman–Crippen LogP) is 3.55. The molecule has 196 valence electrons. The van der Waals surface area contributed by atoms with E-state index >= 15 is 0 Å². The highest BCUT2D eigenvalue weighted by molar-refractivity contribution is 5.87. The van der Waals surface area contributed by atoms with E-state index in [0.29, 0.717) is 25.2 Å². The lowest BCUT2D eigenvalue weighted by molar-refractivity contribution is -0.128. The predicted molar refractivity (Wildman–Crippen MR) is 145 cm³/mol. The fraction of sp³-hybridized carbons (Fsp3) is 0.567. The van der Waals surface area contributed by atoms with Crippen molar-refractivity contribution in [2.75, 3.05) is 44.7 Å². The normalized spacial score (nSPS) is 27.3. The molecule has 37 heavy (non-hydrogen) atoms. The summed E-state index contributed by atoms with van der Waals surface area (Å²) in [5, 5.41) is 0. The molecule has 3 atom stereocenters. The van der Waals surface area contributed by atoms with E-state index in [-0.39, 0.29) is 17.4 Å². The molecule has 2 saturated heterocycles. The van der Waals surface area contributed by atoms with Crippen LogP contribution in [0, 0.1) is 0 Å². The largest absolute Gasteiger partial charge is 0.462 e. The number of benzene rings is 1. The summed E-state index contributed by atoms with van der Waals surface area (Å²) >= 11 is 0. The number of amides is 1. The van der Waals surface area contributed by atoms with Crippen molar-refractivity contribution in [2.45, 2.75) is 69.4 Å². The van der Waals surface area contributed by atoms with Crippen molar-refractivity contribution in [3.63, 3.8) is 0 Å². The number of carbonyl (C=O) groups is 1. The van der Waals surface area contributed by atoms with Crippen LogP contribution in [0.2, 0.25) is 0 Å². The molecule has 6 rings (SSSR count). The fourth-order valence-corrected chi connectivity index (χ4v) is 7.16. The van der Waals surface area contributed by atoms with Gasteiger partial charge in [0.25, 0.3) is 0 Å². The lowest BCUT2D eigenvalue weighted by Crippen LogP contribution is -2.54. The summed E-state index contributed by atoms with van der Waals surface area (Å²) in [5.74, 6) is 1.02. The Morgan fingerprint density at radius 3 is 2.81 bits per heavy atom. The number of likely N-dealkylation sites (tertiary alicyclic amines) is 1. The number of hydrogen-bond acceptors (Lipinski definition) is 6. The first kappa shape index (κ1) is 24.4. The van der Waals surface area contributed by atoms with E-state index in [1.807, 2.05) is 4.90 Å². The van der Waals surface area contributed by atoms with Crippen molar-refractivity contribution in [1.29, 1.82) is 0 Å². The van der Waals surface area contributed by atoms with Crippen molar-refractivity contribution in [3.8, 4) is 6.01 Å². The second kappa shape index (κ2) is 9.75. The number of fused-ring (bicyclic) bond motifs is 3. The molecular formula is C30H39N5O2. The zero-order chi connectivity index (χ0) is 25.6. The number of piperazine rings is 1. The first-order chi connectivity index (χ1) is 18.0. The summed E-state index contributed by atoms with van der Waals surface area (Å²) in [7, 11) is 2.17. The molecule has 3 heterocycles. The molecule has 2 aliphatic carbocycles. The first-order valence-corrected chi connectivity index (χ1v) is 14.0. The molecule has 1 aromatic carbocycles. The third-order valence-corrected chi connectivity index (χ3v) is 9.33. The van der Waals surface area contributed by atoms with Gasteiger partial charge in [0.2, 0.25) is 5.91 Å². The quantitative estimate of drug-likeness (QED) is 0.584. The number of aromatic nitrogens is 2. The molecule has 2 aromatic rings. The monoisotopic (exact) mass is 501 g/mol. The Morgan fingerprint density at radius 1 is 1.19 bits per heavy atom. The topological polar surface area (TPSA) is 61.8 Å². The molecule has 0 saturated carbocycles. The molecule has 7 nitrogen and oxygen atoms in total. The lowest BCUT2D eigenvalue weighted by atomic mass is 9.69. The van der Waals surface area contributed by atoms with Crippen LogP contribution in [0.3, 0.4) is 0 Å². The molecule has 1 amide bonds. The number of hydrogen-bond donors (Lipinski definition) is 0. The zero-order valence-corrected chi connectivity index (χ0v) is 22.3. The van der Waals surface area contributed by atoms with Crippen molar-refractivity contribution in [3.05, 3.63) is 59.3 Å². The van der Waals surface area contributed by atoms with E-state index in [9.17, 15) is 4.79 Å². The Labute approximate surface area is 220 Å². The highest BCUT2D eigenvalue weighted by atomic mass is 16.5. The van der Waals surface area contributed by atoms with Crippen molar-refractivity contribution < 1.29 is 9.53 Å². The van der Waals surface area contributed by atoms with Crippen LogP contribution >= 0.6 is 0 Å². The third kappa shape index (κ3) is 4.41. The van der Waals surface area contributed by atoms with Crippen LogP contribution < -0.4 is 9.64 Å². The van der Waals surface area contributed by atoms with Gasteiger partial charge in [-0.15, -0.1) is 0 Å². The van der Waals surface area contributed by atoms with Crippen LogP contribution in [0.1, 0.15) is 55.0 Å². The van der Waals surface area contributed by atoms with Gasteiger partial charge in [0.1, 0.15) is 12.4 Å². The van der Waals surface area contributed by atoms with E-state index in [4.69, 9.17) is 14.7 Å². The maximum absolute atomic E-state index is 12.3. The second-order valence-electron chi connectivity index (χ2n) is 11.5. The summed E-state index contributed by atoms with van der Waals surface area (Å²) in [4.78, 5) is 29.1. The Hall–Kier alpha value is -2.93. The number of aryl methyl sites for hydroxylation is 1. The van der Waals surface area contributed by atoms with Gasteiger partial charge in [0.15, 0.2) is 0 Å². The van der Waals surface area contributed by atoms with Crippen molar-refractivity contribution in [1.82, 2.24) is 19.8 Å². The molecule has 1 aromatic heterocycles. The lowest BCUT2D eigenvalue weighted by Gasteiger charge is -2.42. The van der Waals surface area contributed by atoms with Crippen molar-refractivity contribution >= 4 is 11.7 Å². The van der Waals surface area contributed by atoms with Gasteiger partial charge in [-0.1, -0.05) is 30.8 Å². The van der Waals surface area contributed by atoms with Gasteiger partial charge in [-0.3, -0.25) is 4.79 Å². The summed E-state index contributed by atoms with van der Waals surface area (Å²) in [6.07, 6.45) is 9.18. The second-order valence-corrected chi connectivity index (χ2v) is 11.5. The van der Waals surface area contributed by atoms with Gasteiger partial charge in [0, 0.05) is 42.7 Å². The number of nitrogens with zero attached hydrogens (tertiary/aromatic N) is 5. The van der Waals surface area contributed by atoms with E-state index in [2.05, 4.69) is 54.6 Å². The van der Waals surface area contributed by atoms with Gasteiger partial charge in [-0.2, -0.15) is 9.97 Å². The first-order valence-electron chi connectivity index (χ1n) is 14.0. The molecule has 4 aliphatic rings. The maximum Gasteiger partial charge on any atom is 0.318 e. The Morgan fingerprint density at radius 2 is 2.03 bits per heavy atom. The number of anilines is 1. The van der Waals surface area contributed by atoms with Gasteiger partial charge < -0.3 is 19.4 Å². The zero-order valence-electron chi connectivity index (χ0n) is 22.3. The minimum absolute atomic E-state index is 0.00316. The highest BCUT2D eigenvalue weighted by Crippen LogP contribution is 2.48. The van der Waals surface area contributed by atoms with Crippen LogP contribution in [-0.4, -0.2) is 77.6 Å². The maximum atomic E-state index is 12.3. The van der Waals surface area contributed by atoms with Crippen LogP contribution in [0.4, 0.5) is 5.82 Å². The van der Waals surface area contributed by atoms with E-state index < -0.39 is 0 Å². The molecule has 2 fully saturated rings. The minimum atomic E-state index is 0.00316. The third-order valence-electron chi connectivity index (χ3n) is 9.33. The number of likely N-dealkylation sites (N-methyl/N-ethyl adjacent to an activating group) is 1. The summed E-state index contributed by atoms with van der Waals surface area (Å²) in [6.45, 7) is 9.72. The molecule has 0 bridgehead atoms. The van der Waals surface area contributed by atoms with Crippen LogP contribution in [0.15, 0.2) is 36.9 Å². The number of ether oxygens (including phenoxy) is 1. The van der Waals surface area contributed by atoms with Crippen LogP contribution in [0.25, 0.3) is 0 Å². The van der Waals surface area contributed by atoms with Gasteiger partial charge in [-0.05, 0) is 82.7 Å². The van der Waals surface area contributed by atoms with E-state index in [0.717, 1.165) is 63.3 Å². The molecule has 0 radical (unpaired) electrons. The SMILES string of the molecule is C=CC(=O)N1CCN(c2nc(OCC3CCCN3C)nc3c2CCC2(CCc4ccccc42)C3)CC1C. The van der Waals surface area contributed by atoms with Crippen LogP contribution in [-0.2, 0) is 29.5 Å². The summed E-state index contributed by atoms with van der Waals surface area (Å²) in [6, 6.07) is 10.0. The van der Waals surface area contributed by atoms with Gasteiger partial charge >= 0.3 is 6.01 Å². The smallest absolute Gasteiger partial charge is 0.318 e. The number of rotatable bonds is 5.